The third kappa shape index (κ3) is 1.83. The molecule has 2 unspecified atom stereocenters. The molecule has 7 heteroatoms. The van der Waals surface area contributed by atoms with Crippen molar-refractivity contribution in [2.45, 2.75) is 11.4 Å². The Morgan fingerprint density at radius 3 is 2.50 bits per heavy atom. The fourth-order valence-electron chi connectivity index (χ4n) is 2.05. The number of sulfone groups is 1. The third-order valence-corrected chi connectivity index (χ3v) is 4.98. The maximum atomic E-state index is 11.9. The summed E-state index contributed by atoms with van der Waals surface area (Å²) in [7, 11) is -3.37. The molecule has 0 radical (unpaired) electrons. The van der Waals surface area contributed by atoms with Gasteiger partial charge in [-0.3, -0.25) is 0 Å². The van der Waals surface area contributed by atoms with Gasteiger partial charge in [0.15, 0.2) is 21.2 Å². The molecule has 0 bridgehead atoms. The third-order valence-electron chi connectivity index (χ3n) is 2.81. The first-order valence-corrected chi connectivity index (χ1v) is 7.46. The van der Waals surface area contributed by atoms with Crippen LogP contribution in [-0.2, 0) is 14.7 Å². The van der Waals surface area contributed by atoms with Gasteiger partial charge in [-0.2, -0.15) is 0 Å². The Morgan fingerprint density at radius 1 is 1.17 bits per heavy atom. The normalized spacial score (nSPS) is 27.8. The van der Waals surface area contributed by atoms with Gasteiger partial charge in [-0.15, -0.1) is 0 Å². The van der Waals surface area contributed by atoms with E-state index in [9.17, 15) is 8.42 Å². The first-order valence-electron chi connectivity index (χ1n) is 5.10. The molecule has 0 aromatic heterocycles. The highest BCUT2D eigenvalue weighted by Crippen LogP contribution is 2.31. The van der Waals surface area contributed by atoms with Gasteiger partial charge in [-0.1, -0.05) is 28.4 Å². The molecule has 0 N–H and O–H groups in total. The molecule has 2 atom stereocenters. The lowest BCUT2D eigenvalue weighted by Gasteiger charge is -2.09. The molecule has 0 saturated carbocycles. The highest BCUT2D eigenvalue weighted by Gasteiger charge is 2.46. The van der Waals surface area contributed by atoms with E-state index in [2.05, 4.69) is 5.16 Å². The summed E-state index contributed by atoms with van der Waals surface area (Å²) in [6, 6.07) is 4.81. The molecule has 0 fully saturated rings. The van der Waals surface area contributed by atoms with E-state index in [1.165, 1.54) is 6.08 Å². The van der Waals surface area contributed by atoms with Crippen molar-refractivity contribution < 1.29 is 13.3 Å². The van der Waals surface area contributed by atoms with Gasteiger partial charge in [0.05, 0.1) is 0 Å². The summed E-state index contributed by atoms with van der Waals surface area (Å²) in [4.78, 5) is 5.10. The summed E-state index contributed by atoms with van der Waals surface area (Å²) < 4.78 is 23.8. The molecule has 4 nitrogen and oxygen atoms in total. The van der Waals surface area contributed by atoms with Crippen LogP contribution in [0.2, 0.25) is 10.0 Å². The monoisotopic (exact) mass is 303 g/mol. The quantitative estimate of drug-likeness (QED) is 0.800. The highest BCUT2D eigenvalue weighted by molar-refractivity contribution is 7.96. The highest BCUT2D eigenvalue weighted by atomic mass is 35.5. The number of rotatable bonds is 1. The molecule has 0 spiro atoms. The number of fused-ring (bicyclic) bond motifs is 1. The maximum absolute atomic E-state index is 11.9. The minimum atomic E-state index is -3.37. The fourth-order valence-corrected chi connectivity index (χ4v) is 4.12. The Balaban J connectivity index is 2.08. The van der Waals surface area contributed by atoms with Crippen LogP contribution in [0.1, 0.15) is 5.56 Å². The molecule has 2 heterocycles. The Kier molecular flexibility index (Phi) is 2.66. The van der Waals surface area contributed by atoms with Gasteiger partial charge in [-0.05, 0) is 24.3 Å². The number of halogens is 2. The van der Waals surface area contributed by atoms with E-state index >= 15 is 0 Å². The molecule has 1 aromatic rings. The molecule has 94 valence electrons. The summed E-state index contributed by atoms with van der Waals surface area (Å²) in [5.74, 6) is 0. The van der Waals surface area contributed by atoms with Crippen LogP contribution in [-0.4, -0.2) is 25.5 Å². The lowest BCUT2D eigenvalue weighted by Crippen LogP contribution is -2.31. The molecular formula is C11H7Cl2NO3S. The van der Waals surface area contributed by atoms with Crippen LogP contribution in [0.25, 0.3) is 0 Å². The molecular weight excluding hydrogens is 297 g/mol. The summed E-state index contributed by atoms with van der Waals surface area (Å²) in [6.07, 6.45) is 0.936. The largest absolute Gasteiger partial charge is 0.386 e. The zero-order valence-electron chi connectivity index (χ0n) is 8.88. The van der Waals surface area contributed by atoms with Crippen molar-refractivity contribution in [3.05, 3.63) is 45.3 Å². The second kappa shape index (κ2) is 3.98. The molecule has 1 aromatic carbocycles. The average molecular weight is 304 g/mol. The predicted octanol–water partition coefficient (Wildman–Crippen LogP) is 2.41. The standard InChI is InChI=1S/C11H7Cl2NO3S/c12-7-3-6(4-8(13)5-7)10-11-9(17-14-10)1-2-18(11,15)16/h1-5,9,11H. The molecule has 3 rings (SSSR count). The van der Waals surface area contributed by atoms with Crippen molar-refractivity contribution in [3.63, 3.8) is 0 Å². The van der Waals surface area contributed by atoms with Gasteiger partial charge >= 0.3 is 0 Å². The number of hydrogen-bond donors (Lipinski definition) is 0. The number of hydrogen-bond acceptors (Lipinski definition) is 4. The maximum Gasteiger partial charge on any atom is 0.184 e. The Morgan fingerprint density at radius 2 is 1.83 bits per heavy atom. The van der Waals surface area contributed by atoms with Gasteiger partial charge in [0.2, 0.25) is 0 Å². The topological polar surface area (TPSA) is 55.7 Å². The van der Waals surface area contributed by atoms with E-state index in [1.807, 2.05) is 0 Å². The van der Waals surface area contributed by atoms with Crippen molar-refractivity contribution in [1.82, 2.24) is 0 Å². The summed E-state index contributed by atoms with van der Waals surface area (Å²) in [5, 5.41) is 5.04. The SMILES string of the molecule is O=S1(=O)C=CC2ON=C(c3cc(Cl)cc(Cl)c3)C21. The summed E-state index contributed by atoms with van der Waals surface area (Å²) >= 11 is 11.8. The number of benzene rings is 1. The van der Waals surface area contributed by atoms with Crippen molar-refractivity contribution in [3.8, 4) is 0 Å². The van der Waals surface area contributed by atoms with Crippen LogP contribution in [0.4, 0.5) is 0 Å². The van der Waals surface area contributed by atoms with Crippen LogP contribution in [0.3, 0.4) is 0 Å². The first-order chi connectivity index (χ1) is 8.47. The van der Waals surface area contributed by atoms with Crippen LogP contribution in [0, 0.1) is 0 Å². The van der Waals surface area contributed by atoms with Crippen LogP contribution >= 0.6 is 23.2 Å². The predicted molar refractivity (Wildman–Crippen MR) is 69.7 cm³/mol. The molecule has 0 aliphatic carbocycles. The first kappa shape index (κ1) is 12.0. The van der Waals surface area contributed by atoms with E-state index in [1.54, 1.807) is 18.2 Å². The molecule has 18 heavy (non-hydrogen) atoms. The lowest BCUT2D eigenvalue weighted by molar-refractivity contribution is 0.123. The van der Waals surface area contributed by atoms with Crippen LogP contribution in [0.5, 0.6) is 0 Å². The van der Waals surface area contributed by atoms with Gasteiger partial charge in [0, 0.05) is 21.0 Å². The van der Waals surface area contributed by atoms with E-state index in [0.717, 1.165) is 5.41 Å². The van der Waals surface area contributed by atoms with Crippen LogP contribution in [0.15, 0.2) is 34.8 Å². The molecule has 0 saturated heterocycles. The second-order valence-electron chi connectivity index (χ2n) is 4.04. The number of oxime groups is 1. The van der Waals surface area contributed by atoms with Gasteiger partial charge in [0.25, 0.3) is 0 Å². The van der Waals surface area contributed by atoms with Gasteiger partial charge < -0.3 is 4.84 Å². The minimum Gasteiger partial charge on any atom is -0.386 e. The molecule has 2 aliphatic rings. The Labute approximate surface area is 114 Å². The van der Waals surface area contributed by atoms with E-state index in [0.29, 0.717) is 21.3 Å². The Bertz CT molecular complexity index is 661. The summed E-state index contributed by atoms with van der Waals surface area (Å²) in [6.45, 7) is 0. The second-order valence-corrected chi connectivity index (χ2v) is 6.87. The van der Waals surface area contributed by atoms with E-state index in [4.69, 9.17) is 28.0 Å². The van der Waals surface area contributed by atoms with Crippen LogP contribution < -0.4 is 0 Å². The smallest absolute Gasteiger partial charge is 0.184 e. The van der Waals surface area contributed by atoms with Crippen molar-refractivity contribution >= 4 is 38.8 Å². The minimum absolute atomic E-state index is 0.342. The van der Waals surface area contributed by atoms with Crippen molar-refractivity contribution in [1.29, 1.82) is 0 Å². The van der Waals surface area contributed by atoms with Gasteiger partial charge in [0.1, 0.15) is 5.71 Å². The summed E-state index contributed by atoms with van der Waals surface area (Å²) in [5.41, 5.74) is 0.904. The van der Waals surface area contributed by atoms with Crippen molar-refractivity contribution in [2.75, 3.05) is 0 Å². The molecule has 2 aliphatic heterocycles. The van der Waals surface area contributed by atoms with Crippen molar-refractivity contribution in [2.24, 2.45) is 5.16 Å². The van der Waals surface area contributed by atoms with E-state index < -0.39 is 21.2 Å². The van der Waals surface area contributed by atoms with Gasteiger partial charge in [-0.25, -0.2) is 8.42 Å². The zero-order chi connectivity index (χ0) is 12.9. The average Bonchev–Trinajstić information content (AvgIpc) is 2.79. The lowest BCUT2D eigenvalue weighted by atomic mass is 10.0. The fraction of sp³-hybridized carbons (Fsp3) is 0.182. The Hall–Kier alpha value is -1.04. The molecule has 0 amide bonds. The zero-order valence-corrected chi connectivity index (χ0v) is 11.2. The van der Waals surface area contributed by atoms with E-state index in [-0.39, 0.29) is 0 Å². The number of nitrogens with zero attached hydrogens (tertiary/aromatic N) is 1.